The number of hydrogen-bond acceptors (Lipinski definition) is 4. The summed E-state index contributed by atoms with van der Waals surface area (Å²) in [6.45, 7) is 0. The van der Waals surface area contributed by atoms with E-state index in [1.807, 2.05) is 24.7 Å². The van der Waals surface area contributed by atoms with Gasteiger partial charge >= 0.3 is 0 Å². The van der Waals surface area contributed by atoms with Crippen molar-refractivity contribution in [1.29, 1.82) is 0 Å². The summed E-state index contributed by atoms with van der Waals surface area (Å²) in [5.41, 5.74) is 0. The fourth-order valence-corrected chi connectivity index (χ4v) is 3.12. The largest absolute Gasteiger partial charge is 0.372 e. The molecule has 0 bridgehead atoms. The van der Waals surface area contributed by atoms with E-state index in [1.54, 1.807) is 11.3 Å². The van der Waals surface area contributed by atoms with Crippen LogP contribution in [0.1, 0.15) is 0 Å². The van der Waals surface area contributed by atoms with Gasteiger partial charge in [0, 0.05) is 17.7 Å². The maximum atomic E-state index is 4.44. The molecule has 0 unspecified atom stereocenters. The Labute approximate surface area is 114 Å². The molecular formula is C9H7BrIN3S. The number of nitrogens with one attached hydrogen (secondary N) is 1. The minimum Gasteiger partial charge on any atom is -0.372 e. The zero-order chi connectivity index (χ0) is 10.8. The van der Waals surface area contributed by atoms with E-state index in [4.69, 9.17) is 0 Å². The van der Waals surface area contributed by atoms with E-state index >= 15 is 0 Å². The molecule has 0 fully saturated rings. The Hall–Kier alpha value is -0.210. The third-order valence-corrected chi connectivity index (χ3v) is 4.42. The van der Waals surface area contributed by atoms with Gasteiger partial charge in [0.1, 0.15) is 5.82 Å². The first-order chi connectivity index (χ1) is 7.22. The number of halogens is 2. The first-order valence-electron chi connectivity index (χ1n) is 4.16. The van der Waals surface area contributed by atoms with Crippen LogP contribution in [0.5, 0.6) is 0 Å². The Balaban J connectivity index is 2.51. The van der Waals surface area contributed by atoms with Gasteiger partial charge in [0.25, 0.3) is 0 Å². The van der Waals surface area contributed by atoms with Gasteiger partial charge in [-0.3, -0.25) is 0 Å². The van der Waals surface area contributed by atoms with Gasteiger partial charge in [0.2, 0.25) is 0 Å². The second kappa shape index (κ2) is 4.75. The second-order valence-electron chi connectivity index (χ2n) is 2.74. The first-order valence-corrected chi connectivity index (χ1v) is 6.91. The predicted molar refractivity (Wildman–Crippen MR) is 75.3 cm³/mol. The van der Waals surface area contributed by atoms with Gasteiger partial charge in [-0.25, -0.2) is 9.97 Å². The van der Waals surface area contributed by atoms with E-state index in [-0.39, 0.29) is 0 Å². The molecule has 2 rings (SSSR count). The van der Waals surface area contributed by atoms with Crippen molar-refractivity contribution in [2.24, 2.45) is 0 Å². The molecule has 0 aliphatic carbocycles. The summed E-state index contributed by atoms with van der Waals surface area (Å²) in [7, 11) is 1.86. The second-order valence-corrected chi connectivity index (χ2v) is 5.67. The lowest BCUT2D eigenvalue weighted by atomic mass is 10.4. The van der Waals surface area contributed by atoms with Crippen LogP contribution in [0.2, 0.25) is 0 Å². The van der Waals surface area contributed by atoms with E-state index in [0.717, 1.165) is 24.6 Å². The summed E-state index contributed by atoms with van der Waals surface area (Å²) in [6.07, 6.45) is 1.82. The van der Waals surface area contributed by atoms with Crippen LogP contribution in [-0.4, -0.2) is 17.0 Å². The molecule has 0 aliphatic heterocycles. The van der Waals surface area contributed by atoms with E-state index in [9.17, 15) is 0 Å². The molecule has 0 spiro atoms. The molecule has 2 aromatic rings. The Morgan fingerprint density at radius 2 is 2.33 bits per heavy atom. The summed E-state index contributed by atoms with van der Waals surface area (Å²) >= 11 is 7.31. The van der Waals surface area contributed by atoms with Crippen molar-refractivity contribution in [3.8, 4) is 10.7 Å². The van der Waals surface area contributed by atoms with Crippen molar-refractivity contribution in [1.82, 2.24) is 9.97 Å². The van der Waals surface area contributed by atoms with Crippen molar-refractivity contribution in [3.63, 3.8) is 0 Å². The Bertz CT molecular complexity index is 486. The molecule has 1 N–H and O–H groups in total. The van der Waals surface area contributed by atoms with E-state index in [0.29, 0.717) is 0 Å². The lowest BCUT2D eigenvalue weighted by Crippen LogP contribution is -1.98. The van der Waals surface area contributed by atoms with Gasteiger partial charge in [-0.1, -0.05) is 0 Å². The molecule has 78 valence electrons. The number of thiophene rings is 1. The molecule has 0 amide bonds. The lowest BCUT2D eigenvalue weighted by molar-refractivity contribution is 1.16. The average Bonchev–Trinajstić information content (AvgIpc) is 2.65. The number of nitrogens with zero attached hydrogens (tertiary/aromatic N) is 2. The van der Waals surface area contributed by atoms with E-state index in [2.05, 4.69) is 53.8 Å². The Morgan fingerprint density at radius 3 is 2.93 bits per heavy atom. The third-order valence-electron chi connectivity index (χ3n) is 1.80. The highest BCUT2D eigenvalue weighted by Crippen LogP contribution is 2.32. The molecule has 3 nitrogen and oxygen atoms in total. The number of hydrogen-bond donors (Lipinski definition) is 1. The van der Waals surface area contributed by atoms with Gasteiger partial charge in [-0.15, -0.1) is 11.3 Å². The van der Waals surface area contributed by atoms with Crippen molar-refractivity contribution in [2.45, 2.75) is 0 Å². The van der Waals surface area contributed by atoms with Crippen LogP contribution in [0.3, 0.4) is 0 Å². The number of anilines is 1. The van der Waals surface area contributed by atoms with Gasteiger partial charge < -0.3 is 5.32 Å². The van der Waals surface area contributed by atoms with E-state index < -0.39 is 0 Å². The maximum absolute atomic E-state index is 4.44. The van der Waals surface area contributed by atoms with Crippen molar-refractivity contribution < 1.29 is 0 Å². The molecular weight excluding hydrogens is 389 g/mol. The summed E-state index contributed by atoms with van der Waals surface area (Å²) < 4.78 is 2.06. The lowest BCUT2D eigenvalue weighted by Gasteiger charge is -2.04. The predicted octanol–water partition coefficient (Wildman–Crippen LogP) is 3.61. The van der Waals surface area contributed by atoms with Crippen LogP contribution in [0, 0.1) is 3.57 Å². The Morgan fingerprint density at radius 1 is 1.53 bits per heavy atom. The molecule has 2 aromatic heterocycles. The molecule has 0 aliphatic rings. The zero-order valence-corrected chi connectivity index (χ0v) is 12.4. The molecule has 0 saturated heterocycles. The molecule has 2 heterocycles. The average molecular weight is 396 g/mol. The van der Waals surface area contributed by atoms with Crippen molar-refractivity contribution >= 4 is 55.7 Å². The summed E-state index contributed by atoms with van der Waals surface area (Å²) in [5.74, 6) is 1.61. The highest BCUT2D eigenvalue weighted by atomic mass is 127. The summed E-state index contributed by atoms with van der Waals surface area (Å²) in [5, 5.41) is 5.06. The van der Waals surface area contributed by atoms with Crippen LogP contribution in [-0.2, 0) is 0 Å². The topological polar surface area (TPSA) is 37.8 Å². The fraction of sp³-hybridized carbons (Fsp3) is 0.111. The SMILES string of the molecule is CNc1nc(-c2sccc2Br)ncc1I. The number of aromatic nitrogens is 2. The van der Waals surface area contributed by atoms with Crippen LogP contribution in [0.25, 0.3) is 10.7 Å². The van der Waals surface area contributed by atoms with Crippen molar-refractivity contribution in [2.75, 3.05) is 12.4 Å². The highest BCUT2D eigenvalue weighted by molar-refractivity contribution is 14.1. The minimum atomic E-state index is 0.752. The molecule has 15 heavy (non-hydrogen) atoms. The summed E-state index contributed by atoms with van der Waals surface area (Å²) in [4.78, 5) is 9.82. The third kappa shape index (κ3) is 2.31. The van der Waals surface area contributed by atoms with Gasteiger partial charge in [-0.05, 0) is 50.0 Å². The maximum Gasteiger partial charge on any atom is 0.172 e. The highest BCUT2D eigenvalue weighted by Gasteiger charge is 2.09. The molecule has 0 aromatic carbocycles. The fourth-order valence-electron chi connectivity index (χ4n) is 1.11. The van der Waals surface area contributed by atoms with Crippen LogP contribution in [0.15, 0.2) is 22.1 Å². The number of rotatable bonds is 2. The Kier molecular flexibility index (Phi) is 3.57. The zero-order valence-electron chi connectivity index (χ0n) is 7.79. The van der Waals surface area contributed by atoms with Gasteiger partial charge in [0.15, 0.2) is 5.82 Å². The smallest absolute Gasteiger partial charge is 0.172 e. The van der Waals surface area contributed by atoms with Crippen LogP contribution >= 0.6 is 49.9 Å². The van der Waals surface area contributed by atoms with Gasteiger partial charge in [-0.2, -0.15) is 0 Å². The summed E-state index contributed by atoms with van der Waals surface area (Å²) in [6, 6.07) is 2.00. The van der Waals surface area contributed by atoms with Crippen molar-refractivity contribution in [3.05, 3.63) is 25.7 Å². The first kappa shape index (κ1) is 11.3. The molecule has 0 atom stereocenters. The molecule has 0 radical (unpaired) electrons. The standard InChI is InChI=1S/C9H7BrIN3S/c1-12-8-6(11)4-13-9(14-8)7-5(10)2-3-15-7/h2-4H,1H3,(H,12,13,14). The van der Waals surface area contributed by atoms with E-state index in [1.165, 1.54) is 0 Å². The monoisotopic (exact) mass is 395 g/mol. The van der Waals surface area contributed by atoms with Gasteiger partial charge in [0.05, 0.1) is 8.45 Å². The minimum absolute atomic E-state index is 0.752. The normalized spacial score (nSPS) is 10.3. The van der Waals surface area contributed by atoms with Crippen LogP contribution in [0.4, 0.5) is 5.82 Å². The molecule has 0 saturated carbocycles. The van der Waals surface area contributed by atoms with Crippen LogP contribution < -0.4 is 5.32 Å². The quantitative estimate of drug-likeness (QED) is 0.789. The molecule has 6 heteroatoms.